The summed E-state index contributed by atoms with van der Waals surface area (Å²) < 4.78 is 10.5. The molecule has 2 aromatic carbocycles. The fourth-order valence-corrected chi connectivity index (χ4v) is 3.61. The molecule has 0 fully saturated rings. The number of methoxy groups -OCH3 is 2. The molecule has 0 aliphatic carbocycles. The van der Waals surface area contributed by atoms with Gasteiger partial charge in [-0.05, 0) is 30.7 Å². The molecule has 10 heteroatoms. The largest absolute Gasteiger partial charge is 0.497 e. The molecule has 0 bridgehead atoms. The van der Waals surface area contributed by atoms with Crippen molar-refractivity contribution in [3.63, 3.8) is 0 Å². The number of nitrogens with one attached hydrogen (secondary N) is 4. The summed E-state index contributed by atoms with van der Waals surface area (Å²) in [5.41, 5.74) is 1.49. The predicted octanol–water partition coefficient (Wildman–Crippen LogP) is 2.90. The van der Waals surface area contributed by atoms with Crippen LogP contribution in [0.1, 0.15) is 23.5 Å². The molecule has 10 nitrogen and oxygen atoms in total. The Labute approximate surface area is 189 Å². The first kappa shape index (κ1) is 21.9. The highest BCUT2D eigenvalue weighted by Crippen LogP contribution is 2.32. The number of nitrogens with zero attached hydrogens (tertiary/aromatic N) is 1. The minimum Gasteiger partial charge on any atom is -0.497 e. The number of carbonyl (C=O) groups excluding carboxylic acids is 2. The van der Waals surface area contributed by atoms with Crippen molar-refractivity contribution in [2.75, 3.05) is 30.2 Å². The fraction of sp³-hybridized carbons (Fsp3) is 0.217. The van der Waals surface area contributed by atoms with Crippen LogP contribution in [0.25, 0.3) is 0 Å². The van der Waals surface area contributed by atoms with Gasteiger partial charge in [-0.1, -0.05) is 18.2 Å². The third-order valence-electron chi connectivity index (χ3n) is 5.33. The maximum absolute atomic E-state index is 13.1. The van der Waals surface area contributed by atoms with Gasteiger partial charge in [0.05, 0.1) is 31.4 Å². The molecule has 3 aromatic rings. The summed E-state index contributed by atoms with van der Waals surface area (Å²) in [5.74, 6) is -0.636. The van der Waals surface area contributed by atoms with Gasteiger partial charge in [-0.25, -0.2) is 0 Å². The van der Waals surface area contributed by atoms with Crippen LogP contribution < -0.4 is 31.0 Å². The Kier molecular flexibility index (Phi) is 5.99. The van der Waals surface area contributed by atoms with E-state index in [4.69, 9.17) is 9.47 Å². The maximum atomic E-state index is 13.1. The van der Waals surface area contributed by atoms with Gasteiger partial charge in [-0.15, -0.1) is 0 Å². The summed E-state index contributed by atoms with van der Waals surface area (Å²) in [5, 5.41) is 8.37. The quantitative estimate of drug-likeness (QED) is 0.454. The number of hydrogen-bond donors (Lipinski definition) is 4. The predicted molar refractivity (Wildman–Crippen MR) is 123 cm³/mol. The number of aromatic amines is 1. The lowest BCUT2D eigenvalue weighted by atomic mass is 9.92. The van der Waals surface area contributed by atoms with Gasteiger partial charge in [0.25, 0.3) is 5.56 Å². The smallest absolute Gasteiger partial charge is 0.258 e. The van der Waals surface area contributed by atoms with Crippen molar-refractivity contribution in [2.24, 2.45) is 0 Å². The van der Waals surface area contributed by atoms with Crippen LogP contribution in [0.5, 0.6) is 11.5 Å². The highest BCUT2D eigenvalue weighted by Gasteiger charge is 2.35. The van der Waals surface area contributed by atoms with E-state index in [9.17, 15) is 14.4 Å². The standard InChI is InChI=1S/C23H23N5O5/c1-12-8-9-13(32-2)10-16(12)24-21(30)14-11-18(29)26-20-19(14)22(31)28-23(27-20)25-15-6-4-5-7-17(15)33-3/h4-10,14H,11H2,1-3H3,(H,24,30)(H3,25,26,27,28,29,31). The number of carbonyl (C=O) groups is 2. The van der Waals surface area contributed by atoms with Crippen LogP contribution in [0.4, 0.5) is 23.1 Å². The molecule has 1 unspecified atom stereocenters. The Balaban J connectivity index is 1.65. The number of H-pyrrole nitrogens is 1. The van der Waals surface area contributed by atoms with Gasteiger partial charge in [0.15, 0.2) is 0 Å². The van der Waals surface area contributed by atoms with Gasteiger partial charge in [-0.3, -0.25) is 19.4 Å². The van der Waals surface area contributed by atoms with E-state index in [2.05, 4.69) is 25.9 Å². The van der Waals surface area contributed by atoms with Gasteiger partial charge in [0.2, 0.25) is 17.8 Å². The Morgan fingerprint density at radius 1 is 1.09 bits per heavy atom. The second kappa shape index (κ2) is 9.03. The lowest BCUT2D eigenvalue weighted by Crippen LogP contribution is -2.36. The van der Waals surface area contributed by atoms with Crippen molar-refractivity contribution in [3.05, 3.63) is 63.9 Å². The normalized spacial score (nSPS) is 14.6. The minimum atomic E-state index is -1.00. The summed E-state index contributed by atoms with van der Waals surface area (Å²) in [7, 11) is 3.05. The number of ether oxygens (including phenoxy) is 2. The van der Waals surface area contributed by atoms with Gasteiger partial charge in [0.1, 0.15) is 17.3 Å². The van der Waals surface area contributed by atoms with Gasteiger partial charge < -0.3 is 25.4 Å². The van der Waals surface area contributed by atoms with Crippen molar-refractivity contribution in [3.8, 4) is 11.5 Å². The Morgan fingerprint density at radius 2 is 1.88 bits per heavy atom. The zero-order valence-electron chi connectivity index (χ0n) is 18.3. The molecule has 4 rings (SSSR count). The topological polar surface area (TPSA) is 134 Å². The minimum absolute atomic E-state index is 0.0370. The van der Waals surface area contributed by atoms with Crippen LogP contribution in [0.3, 0.4) is 0 Å². The third kappa shape index (κ3) is 4.49. The molecule has 1 aromatic heterocycles. The number of aryl methyl sites for hydroxylation is 1. The van der Waals surface area contributed by atoms with Crippen molar-refractivity contribution >= 4 is 35.0 Å². The molecule has 2 heterocycles. The summed E-state index contributed by atoms with van der Waals surface area (Å²) >= 11 is 0. The van der Waals surface area contributed by atoms with E-state index < -0.39 is 23.3 Å². The van der Waals surface area contributed by atoms with E-state index >= 15 is 0 Å². The summed E-state index contributed by atoms with van der Waals surface area (Å²) in [6.07, 6.45) is -0.175. The highest BCUT2D eigenvalue weighted by molar-refractivity contribution is 6.04. The van der Waals surface area contributed by atoms with Gasteiger partial charge >= 0.3 is 0 Å². The van der Waals surface area contributed by atoms with Crippen molar-refractivity contribution in [1.29, 1.82) is 0 Å². The molecule has 0 saturated carbocycles. The molecule has 4 N–H and O–H groups in total. The number of anilines is 4. The Bertz CT molecular complexity index is 1290. The zero-order valence-corrected chi connectivity index (χ0v) is 18.3. The highest BCUT2D eigenvalue weighted by atomic mass is 16.5. The van der Waals surface area contributed by atoms with Crippen LogP contribution in [0.15, 0.2) is 47.3 Å². The molecule has 0 saturated heterocycles. The van der Waals surface area contributed by atoms with E-state index in [0.29, 0.717) is 22.9 Å². The first-order chi connectivity index (χ1) is 15.9. The first-order valence-electron chi connectivity index (χ1n) is 10.2. The van der Waals surface area contributed by atoms with Crippen molar-refractivity contribution < 1.29 is 19.1 Å². The number of fused-ring (bicyclic) bond motifs is 1. The van der Waals surface area contributed by atoms with Gasteiger partial charge in [-0.2, -0.15) is 4.98 Å². The second-order valence-corrected chi connectivity index (χ2v) is 7.48. The van der Waals surface area contributed by atoms with Crippen LogP contribution in [-0.4, -0.2) is 36.0 Å². The monoisotopic (exact) mass is 449 g/mol. The zero-order chi connectivity index (χ0) is 23.5. The molecule has 1 aliphatic rings. The van der Waals surface area contributed by atoms with Crippen LogP contribution in [0.2, 0.25) is 0 Å². The summed E-state index contributed by atoms with van der Waals surface area (Å²) in [4.78, 5) is 45.4. The lowest BCUT2D eigenvalue weighted by molar-refractivity contribution is -0.123. The molecule has 33 heavy (non-hydrogen) atoms. The molecular weight excluding hydrogens is 426 g/mol. The van der Waals surface area contributed by atoms with E-state index in [1.807, 2.05) is 6.92 Å². The molecule has 1 atom stereocenters. The van der Waals surface area contributed by atoms with Gasteiger partial charge in [0, 0.05) is 18.2 Å². The average Bonchev–Trinajstić information content (AvgIpc) is 2.80. The Hall–Kier alpha value is -4.34. The van der Waals surface area contributed by atoms with Crippen LogP contribution in [0, 0.1) is 6.92 Å². The number of aromatic nitrogens is 2. The first-order valence-corrected chi connectivity index (χ1v) is 10.2. The van der Waals surface area contributed by atoms with E-state index in [0.717, 1.165) is 5.56 Å². The number of hydrogen-bond acceptors (Lipinski definition) is 7. The number of benzene rings is 2. The lowest BCUT2D eigenvalue weighted by Gasteiger charge is -2.24. The third-order valence-corrected chi connectivity index (χ3v) is 5.33. The van der Waals surface area contributed by atoms with Crippen LogP contribution in [-0.2, 0) is 9.59 Å². The fourth-order valence-electron chi connectivity index (χ4n) is 3.61. The number of para-hydroxylation sites is 2. The van der Waals surface area contributed by atoms with E-state index in [1.54, 1.807) is 42.5 Å². The van der Waals surface area contributed by atoms with E-state index in [1.165, 1.54) is 14.2 Å². The van der Waals surface area contributed by atoms with Crippen LogP contribution >= 0.6 is 0 Å². The molecule has 0 spiro atoms. The maximum Gasteiger partial charge on any atom is 0.258 e. The SMILES string of the molecule is COc1ccc(C)c(NC(=O)C2CC(=O)Nc3nc(Nc4ccccc4OC)[nH]c(=O)c32)c1. The Morgan fingerprint density at radius 3 is 2.64 bits per heavy atom. The van der Waals surface area contributed by atoms with Crippen molar-refractivity contribution in [1.82, 2.24) is 9.97 Å². The summed E-state index contributed by atoms with van der Waals surface area (Å²) in [6, 6.07) is 12.4. The number of rotatable bonds is 6. The summed E-state index contributed by atoms with van der Waals surface area (Å²) in [6.45, 7) is 1.83. The second-order valence-electron chi connectivity index (χ2n) is 7.48. The number of amides is 2. The molecule has 0 radical (unpaired) electrons. The molecule has 1 aliphatic heterocycles. The molecule has 2 amide bonds. The average molecular weight is 449 g/mol. The van der Waals surface area contributed by atoms with Crippen molar-refractivity contribution in [2.45, 2.75) is 19.3 Å². The van der Waals surface area contributed by atoms with E-state index in [-0.39, 0.29) is 23.8 Å². The molecular formula is C23H23N5O5. The molecule has 170 valence electrons.